The summed E-state index contributed by atoms with van der Waals surface area (Å²) in [6.07, 6.45) is 11.4. The Morgan fingerprint density at radius 2 is 2.10 bits per heavy atom. The molecule has 1 aliphatic rings. The molecule has 0 saturated heterocycles. The molecule has 0 amide bonds. The number of hydrogen-bond acceptors (Lipinski definition) is 5. The van der Waals surface area contributed by atoms with Gasteiger partial charge in [-0.05, 0) is 25.5 Å². The molecule has 112 valence electrons. The molecule has 1 aliphatic carbocycles. The Hall–Kier alpha value is -0.970. The summed E-state index contributed by atoms with van der Waals surface area (Å²) in [4.78, 5) is 8.42. The monoisotopic (exact) mass is 295 g/mol. The fourth-order valence-corrected chi connectivity index (χ4v) is 3.54. The highest BCUT2D eigenvalue weighted by Gasteiger charge is 2.30. The van der Waals surface area contributed by atoms with Gasteiger partial charge in [0.05, 0.1) is 6.61 Å². The lowest BCUT2D eigenvalue weighted by molar-refractivity contribution is 0.305. The molecule has 2 rings (SSSR count). The Bertz CT molecular complexity index is 408. The lowest BCUT2D eigenvalue weighted by atomic mass is 9.88. The number of nitrogens with one attached hydrogen (secondary N) is 1. The summed E-state index contributed by atoms with van der Waals surface area (Å²) in [6, 6.07) is 1.90. The molecule has 20 heavy (non-hydrogen) atoms. The summed E-state index contributed by atoms with van der Waals surface area (Å²) >= 11 is 1.99. The van der Waals surface area contributed by atoms with Crippen molar-refractivity contribution in [3.8, 4) is 5.88 Å². The lowest BCUT2D eigenvalue weighted by Crippen LogP contribution is -2.35. The molecule has 1 aromatic heterocycles. The van der Waals surface area contributed by atoms with Gasteiger partial charge in [-0.25, -0.2) is 9.97 Å². The maximum Gasteiger partial charge on any atom is 0.218 e. The van der Waals surface area contributed by atoms with Gasteiger partial charge >= 0.3 is 0 Å². The van der Waals surface area contributed by atoms with E-state index in [0.717, 1.165) is 18.8 Å². The van der Waals surface area contributed by atoms with Crippen LogP contribution < -0.4 is 10.1 Å². The van der Waals surface area contributed by atoms with Crippen molar-refractivity contribution in [2.24, 2.45) is 0 Å². The highest BCUT2D eigenvalue weighted by molar-refractivity contribution is 8.00. The van der Waals surface area contributed by atoms with E-state index in [-0.39, 0.29) is 0 Å². The Morgan fingerprint density at radius 3 is 2.80 bits per heavy atom. The molecule has 0 radical (unpaired) electrons. The zero-order chi connectivity index (χ0) is 14.3. The van der Waals surface area contributed by atoms with E-state index in [2.05, 4.69) is 28.5 Å². The van der Waals surface area contributed by atoms with Crippen molar-refractivity contribution < 1.29 is 4.74 Å². The van der Waals surface area contributed by atoms with Gasteiger partial charge in [-0.3, -0.25) is 0 Å². The van der Waals surface area contributed by atoms with E-state index in [4.69, 9.17) is 4.74 Å². The SMILES string of the molecule is CCCOc1cc(NCC2(SC)CCCCC2)ncn1. The fraction of sp³-hybridized carbons (Fsp3) is 0.733. The summed E-state index contributed by atoms with van der Waals surface area (Å²) in [5.74, 6) is 1.52. The molecule has 0 aromatic carbocycles. The van der Waals surface area contributed by atoms with Crippen LogP contribution in [-0.4, -0.2) is 34.1 Å². The summed E-state index contributed by atoms with van der Waals surface area (Å²) in [7, 11) is 0. The van der Waals surface area contributed by atoms with Crippen molar-refractivity contribution in [3.05, 3.63) is 12.4 Å². The zero-order valence-electron chi connectivity index (χ0n) is 12.5. The Labute approximate surface area is 126 Å². The van der Waals surface area contributed by atoms with Crippen molar-refractivity contribution in [2.45, 2.75) is 50.2 Å². The van der Waals surface area contributed by atoms with E-state index >= 15 is 0 Å². The van der Waals surface area contributed by atoms with Crippen LogP contribution in [0.3, 0.4) is 0 Å². The van der Waals surface area contributed by atoms with Crippen LogP contribution in [0.1, 0.15) is 45.4 Å². The summed E-state index contributed by atoms with van der Waals surface area (Å²) in [5, 5.41) is 3.47. The van der Waals surface area contributed by atoms with Gasteiger partial charge in [-0.1, -0.05) is 26.2 Å². The third-order valence-electron chi connectivity index (χ3n) is 3.89. The minimum Gasteiger partial charge on any atom is -0.478 e. The summed E-state index contributed by atoms with van der Waals surface area (Å²) < 4.78 is 5.91. The third-order valence-corrected chi connectivity index (χ3v) is 5.30. The fourth-order valence-electron chi connectivity index (χ4n) is 2.62. The van der Waals surface area contributed by atoms with Gasteiger partial charge in [-0.15, -0.1) is 0 Å². The van der Waals surface area contributed by atoms with Crippen LogP contribution in [-0.2, 0) is 0 Å². The quantitative estimate of drug-likeness (QED) is 0.830. The molecule has 5 heteroatoms. The number of aromatic nitrogens is 2. The van der Waals surface area contributed by atoms with Gasteiger partial charge in [0, 0.05) is 17.4 Å². The topological polar surface area (TPSA) is 47.0 Å². The smallest absolute Gasteiger partial charge is 0.218 e. The predicted molar refractivity (Wildman–Crippen MR) is 85.6 cm³/mol. The minimum absolute atomic E-state index is 0.369. The van der Waals surface area contributed by atoms with Crippen molar-refractivity contribution in [2.75, 3.05) is 24.7 Å². The average molecular weight is 295 g/mol. The second kappa shape index (κ2) is 7.72. The molecule has 4 nitrogen and oxygen atoms in total. The highest BCUT2D eigenvalue weighted by Crippen LogP contribution is 2.38. The highest BCUT2D eigenvalue weighted by atomic mass is 32.2. The number of nitrogens with zero attached hydrogens (tertiary/aromatic N) is 2. The van der Waals surface area contributed by atoms with Crippen LogP contribution in [0.5, 0.6) is 5.88 Å². The van der Waals surface area contributed by atoms with Crippen LogP contribution in [0.4, 0.5) is 5.82 Å². The summed E-state index contributed by atoms with van der Waals surface area (Å²) in [5.41, 5.74) is 0. The first kappa shape index (κ1) is 15.4. The van der Waals surface area contributed by atoms with Crippen LogP contribution >= 0.6 is 11.8 Å². The molecule has 1 saturated carbocycles. The Balaban J connectivity index is 1.92. The minimum atomic E-state index is 0.369. The first-order valence-corrected chi connectivity index (χ1v) is 8.74. The van der Waals surface area contributed by atoms with Crippen LogP contribution in [0.2, 0.25) is 0 Å². The average Bonchev–Trinajstić information content (AvgIpc) is 2.52. The number of thioether (sulfide) groups is 1. The Morgan fingerprint density at radius 1 is 1.30 bits per heavy atom. The second-order valence-electron chi connectivity index (χ2n) is 5.39. The third kappa shape index (κ3) is 4.27. The maximum atomic E-state index is 5.54. The van der Waals surface area contributed by atoms with E-state index in [0.29, 0.717) is 17.2 Å². The molecule has 1 N–H and O–H groups in total. The lowest BCUT2D eigenvalue weighted by Gasteiger charge is -2.36. The van der Waals surface area contributed by atoms with Crippen molar-refractivity contribution in [1.82, 2.24) is 9.97 Å². The molecule has 1 fully saturated rings. The van der Waals surface area contributed by atoms with Gasteiger partial charge in [-0.2, -0.15) is 11.8 Å². The largest absolute Gasteiger partial charge is 0.478 e. The van der Waals surface area contributed by atoms with Gasteiger partial charge in [0.2, 0.25) is 5.88 Å². The zero-order valence-corrected chi connectivity index (χ0v) is 13.3. The van der Waals surface area contributed by atoms with Crippen LogP contribution in [0.25, 0.3) is 0 Å². The molecule has 0 aliphatic heterocycles. The molecule has 0 spiro atoms. The summed E-state index contributed by atoms with van der Waals surface area (Å²) in [6.45, 7) is 3.76. The molecular formula is C15H25N3OS. The van der Waals surface area contributed by atoms with Gasteiger partial charge in [0.25, 0.3) is 0 Å². The van der Waals surface area contributed by atoms with Gasteiger partial charge in [0.15, 0.2) is 0 Å². The molecule has 0 bridgehead atoms. The maximum absolute atomic E-state index is 5.54. The molecule has 1 heterocycles. The normalized spacial score (nSPS) is 17.7. The first-order chi connectivity index (χ1) is 9.78. The van der Waals surface area contributed by atoms with E-state index in [1.54, 1.807) is 6.33 Å². The predicted octanol–water partition coefficient (Wildman–Crippen LogP) is 3.74. The van der Waals surface area contributed by atoms with E-state index < -0.39 is 0 Å². The van der Waals surface area contributed by atoms with Gasteiger partial charge < -0.3 is 10.1 Å². The van der Waals surface area contributed by atoms with Crippen molar-refractivity contribution in [3.63, 3.8) is 0 Å². The molecular weight excluding hydrogens is 270 g/mol. The first-order valence-electron chi connectivity index (χ1n) is 7.52. The molecule has 1 aromatic rings. The van der Waals surface area contributed by atoms with Crippen LogP contribution in [0, 0.1) is 0 Å². The molecule has 0 atom stereocenters. The van der Waals surface area contributed by atoms with Crippen molar-refractivity contribution in [1.29, 1.82) is 0 Å². The number of ether oxygens (including phenoxy) is 1. The number of rotatable bonds is 7. The van der Waals surface area contributed by atoms with E-state index in [1.807, 2.05) is 17.8 Å². The number of anilines is 1. The van der Waals surface area contributed by atoms with E-state index in [9.17, 15) is 0 Å². The standard InChI is InChI=1S/C15H25N3OS/c1-3-9-19-14-10-13(17-12-18-14)16-11-15(20-2)7-5-4-6-8-15/h10,12H,3-9,11H2,1-2H3,(H,16,17,18). The molecule has 0 unspecified atom stereocenters. The van der Waals surface area contributed by atoms with Gasteiger partial charge in [0.1, 0.15) is 12.1 Å². The van der Waals surface area contributed by atoms with E-state index in [1.165, 1.54) is 32.1 Å². The second-order valence-corrected chi connectivity index (χ2v) is 6.67. The number of hydrogen-bond donors (Lipinski definition) is 1. The van der Waals surface area contributed by atoms with Crippen molar-refractivity contribution >= 4 is 17.6 Å². The Kier molecular flexibility index (Phi) is 5.95. The van der Waals surface area contributed by atoms with Crippen LogP contribution in [0.15, 0.2) is 12.4 Å².